The van der Waals surface area contributed by atoms with Gasteiger partial charge in [-0.1, -0.05) is 45.1 Å². The van der Waals surface area contributed by atoms with Gasteiger partial charge >= 0.3 is 0 Å². The highest BCUT2D eigenvalue weighted by Gasteiger charge is 2.52. The Morgan fingerprint density at radius 2 is 1.90 bits per heavy atom. The fraction of sp³-hybridized carbons (Fsp3) is 0.926. The molecule has 174 valence electrons. The molecule has 0 aromatic rings. The number of fused-ring (bicyclic) bond motifs is 1. The summed E-state index contributed by atoms with van der Waals surface area (Å²) in [7, 11) is 0. The number of hydrogen-bond acceptors (Lipinski definition) is 3. The molecule has 0 radical (unpaired) electrons. The fourth-order valence-corrected chi connectivity index (χ4v) is 7.58. The summed E-state index contributed by atoms with van der Waals surface area (Å²) >= 11 is 0. The van der Waals surface area contributed by atoms with Crippen LogP contribution in [0.1, 0.15) is 112 Å². The maximum atomic E-state index is 10.2. The van der Waals surface area contributed by atoms with Crippen LogP contribution in [0.3, 0.4) is 0 Å². The van der Waals surface area contributed by atoms with E-state index in [0.717, 1.165) is 54.9 Å². The van der Waals surface area contributed by atoms with Gasteiger partial charge in [0.1, 0.15) is 0 Å². The van der Waals surface area contributed by atoms with Gasteiger partial charge in [-0.25, -0.2) is 0 Å². The lowest BCUT2D eigenvalue weighted by Gasteiger charge is -2.47. The van der Waals surface area contributed by atoms with Crippen LogP contribution < -0.4 is 0 Å². The molecular formula is C27H48O3. The van der Waals surface area contributed by atoms with Crippen LogP contribution in [0.5, 0.6) is 0 Å². The topological polar surface area (TPSA) is 60.7 Å². The Kier molecular flexibility index (Phi) is 7.79. The fourth-order valence-electron chi connectivity index (χ4n) is 7.58. The Labute approximate surface area is 185 Å². The molecule has 2 saturated carbocycles. The van der Waals surface area contributed by atoms with E-state index in [1.807, 2.05) is 13.8 Å². The molecule has 0 aromatic carbocycles. The van der Waals surface area contributed by atoms with Gasteiger partial charge in [-0.3, -0.25) is 0 Å². The van der Waals surface area contributed by atoms with Gasteiger partial charge in [0, 0.05) is 6.42 Å². The molecule has 30 heavy (non-hydrogen) atoms. The maximum Gasteiger partial charge on any atom is 0.0774 e. The summed E-state index contributed by atoms with van der Waals surface area (Å²) in [6.45, 7) is 11.0. The average molecular weight is 421 g/mol. The predicted octanol–water partition coefficient (Wildman–Crippen LogP) is 6.01. The Morgan fingerprint density at radius 3 is 2.60 bits per heavy atom. The van der Waals surface area contributed by atoms with Gasteiger partial charge in [-0.2, -0.15) is 0 Å². The average Bonchev–Trinajstić information content (AvgIpc) is 3.00. The highest BCUT2D eigenvalue weighted by atomic mass is 16.3. The zero-order valence-electron chi connectivity index (χ0n) is 20.3. The zero-order valence-corrected chi connectivity index (χ0v) is 20.3. The summed E-state index contributed by atoms with van der Waals surface area (Å²) in [5, 5.41) is 30.4. The number of rotatable bonds is 8. The first kappa shape index (κ1) is 24.3. The van der Waals surface area contributed by atoms with Gasteiger partial charge in [-0.15, -0.1) is 0 Å². The van der Waals surface area contributed by atoms with E-state index in [1.54, 1.807) is 0 Å². The van der Waals surface area contributed by atoms with Gasteiger partial charge < -0.3 is 15.3 Å². The van der Waals surface area contributed by atoms with Gasteiger partial charge in [0.05, 0.1) is 17.8 Å². The molecule has 0 aliphatic heterocycles. The molecule has 3 rings (SSSR count). The van der Waals surface area contributed by atoms with E-state index in [2.05, 4.69) is 20.8 Å². The van der Waals surface area contributed by atoms with Gasteiger partial charge in [-0.05, 0) is 100 Å². The summed E-state index contributed by atoms with van der Waals surface area (Å²) < 4.78 is 0. The molecule has 0 saturated heterocycles. The molecule has 3 N–H and O–H groups in total. The van der Waals surface area contributed by atoms with E-state index in [4.69, 9.17) is 0 Å². The van der Waals surface area contributed by atoms with E-state index in [-0.39, 0.29) is 6.10 Å². The predicted molar refractivity (Wildman–Crippen MR) is 124 cm³/mol. The third kappa shape index (κ3) is 5.51. The summed E-state index contributed by atoms with van der Waals surface area (Å²) in [6.07, 6.45) is 12.9. The van der Waals surface area contributed by atoms with Crippen molar-refractivity contribution in [2.75, 3.05) is 0 Å². The molecule has 0 heterocycles. The van der Waals surface area contributed by atoms with Crippen molar-refractivity contribution in [3.63, 3.8) is 0 Å². The van der Waals surface area contributed by atoms with Crippen molar-refractivity contribution in [1.82, 2.24) is 0 Å². The van der Waals surface area contributed by atoms with E-state index in [0.29, 0.717) is 11.8 Å². The molecule has 0 aromatic heterocycles. The molecule has 0 spiro atoms. The second kappa shape index (κ2) is 9.63. The largest absolute Gasteiger partial charge is 0.393 e. The second-order valence-corrected chi connectivity index (χ2v) is 12.1. The van der Waals surface area contributed by atoms with Gasteiger partial charge in [0.25, 0.3) is 0 Å². The van der Waals surface area contributed by atoms with Gasteiger partial charge in [0.2, 0.25) is 0 Å². The standard InChI is InChI=1S/C27H48O3/c1-18(8-6-14-26(3,4)30)23-12-13-24-20(9-7-15-27(23,24)5)10-11-21-16-22(28)17-25(29)19(21)2/h18,20,22-25,28-30H,6-17H2,1-5H3/t18-,20?,22-,23-,24+,25+,27-/m1/s1. The van der Waals surface area contributed by atoms with E-state index in [9.17, 15) is 15.3 Å². The Bertz CT molecular complexity index is 604. The first-order valence-electron chi connectivity index (χ1n) is 12.8. The van der Waals surface area contributed by atoms with Crippen molar-refractivity contribution in [2.24, 2.45) is 29.1 Å². The molecule has 1 unspecified atom stereocenters. The first-order valence-corrected chi connectivity index (χ1v) is 12.8. The smallest absolute Gasteiger partial charge is 0.0774 e. The molecular weight excluding hydrogens is 372 g/mol. The number of hydrogen-bond donors (Lipinski definition) is 3. The monoisotopic (exact) mass is 420 g/mol. The maximum absolute atomic E-state index is 10.2. The van der Waals surface area contributed by atoms with Crippen molar-refractivity contribution >= 4 is 0 Å². The summed E-state index contributed by atoms with van der Waals surface area (Å²) in [4.78, 5) is 0. The zero-order chi connectivity index (χ0) is 22.1. The van der Waals surface area contributed by atoms with Crippen molar-refractivity contribution in [1.29, 1.82) is 0 Å². The molecule has 3 nitrogen and oxygen atoms in total. The van der Waals surface area contributed by atoms with Crippen molar-refractivity contribution in [3.8, 4) is 0 Å². The van der Waals surface area contributed by atoms with Crippen LogP contribution in [0, 0.1) is 29.1 Å². The van der Waals surface area contributed by atoms with E-state index < -0.39 is 11.7 Å². The minimum Gasteiger partial charge on any atom is -0.393 e. The van der Waals surface area contributed by atoms with Crippen LogP contribution in [0.2, 0.25) is 0 Å². The van der Waals surface area contributed by atoms with E-state index in [1.165, 1.54) is 50.5 Å². The third-order valence-corrected chi connectivity index (χ3v) is 9.33. The lowest BCUT2D eigenvalue weighted by Crippen LogP contribution is -2.39. The highest BCUT2D eigenvalue weighted by Crippen LogP contribution is 2.60. The SMILES string of the molecule is CC1=C(CCC2CCC[C@]3(C)[C@@H]([C@H](C)CCCC(C)(C)O)CC[C@@H]23)C[C@@H](O)C[C@@H]1O. The highest BCUT2D eigenvalue weighted by molar-refractivity contribution is 5.21. The van der Waals surface area contributed by atoms with Crippen molar-refractivity contribution in [3.05, 3.63) is 11.1 Å². The first-order chi connectivity index (χ1) is 14.0. The number of aliphatic hydroxyl groups is 3. The molecule has 3 aliphatic carbocycles. The molecule has 0 bridgehead atoms. The van der Waals surface area contributed by atoms with Crippen LogP contribution in [0.4, 0.5) is 0 Å². The van der Waals surface area contributed by atoms with Crippen LogP contribution in [0.25, 0.3) is 0 Å². The summed E-state index contributed by atoms with van der Waals surface area (Å²) in [5.41, 5.74) is 2.39. The van der Waals surface area contributed by atoms with E-state index >= 15 is 0 Å². The van der Waals surface area contributed by atoms with Crippen LogP contribution in [-0.4, -0.2) is 33.1 Å². The Hall–Kier alpha value is -0.380. The quantitative estimate of drug-likeness (QED) is 0.421. The Morgan fingerprint density at radius 1 is 1.17 bits per heavy atom. The van der Waals surface area contributed by atoms with Crippen LogP contribution in [0.15, 0.2) is 11.1 Å². The molecule has 0 amide bonds. The second-order valence-electron chi connectivity index (χ2n) is 12.1. The summed E-state index contributed by atoms with van der Waals surface area (Å²) in [5.74, 6) is 3.21. The molecule has 3 heteroatoms. The molecule has 2 fully saturated rings. The molecule has 3 aliphatic rings. The van der Waals surface area contributed by atoms with Crippen LogP contribution in [-0.2, 0) is 0 Å². The minimum atomic E-state index is -0.537. The van der Waals surface area contributed by atoms with Gasteiger partial charge in [0.15, 0.2) is 0 Å². The normalized spacial score (nSPS) is 38.6. The number of aliphatic hydroxyl groups excluding tert-OH is 2. The third-order valence-electron chi connectivity index (χ3n) is 9.33. The lowest BCUT2D eigenvalue weighted by molar-refractivity contribution is 0.0221. The minimum absolute atomic E-state index is 0.365. The molecule has 7 atom stereocenters. The van der Waals surface area contributed by atoms with Crippen molar-refractivity contribution < 1.29 is 15.3 Å². The van der Waals surface area contributed by atoms with Crippen molar-refractivity contribution in [2.45, 2.75) is 129 Å². The summed E-state index contributed by atoms with van der Waals surface area (Å²) in [6, 6.07) is 0. The lowest BCUT2D eigenvalue weighted by atomic mass is 9.58. The van der Waals surface area contributed by atoms with Crippen LogP contribution >= 0.6 is 0 Å². The Balaban J connectivity index is 1.59.